The monoisotopic (exact) mass is 920 g/mol. The third kappa shape index (κ3) is 6.22. The van der Waals surface area contributed by atoms with Gasteiger partial charge in [0.05, 0.1) is 22.7 Å². The van der Waals surface area contributed by atoms with Crippen molar-refractivity contribution in [1.29, 1.82) is 0 Å². The van der Waals surface area contributed by atoms with E-state index in [1.807, 2.05) is 0 Å². The number of nitrogens with zero attached hydrogens (tertiary/aromatic N) is 2. The van der Waals surface area contributed by atoms with E-state index in [0.29, 0.717) is 0 Å². The van der Waals surface area contributed by atoms with E-state index in [1.165, 1.54) is 121 Å². The lowest BCUT2D eigenvalue weighted by atomic mass is 9.73. The molecule has 0 bridgehead atoms. The zero-order valence-electron chi connectivity index (χ0n) is 41.0. The number of hydrogen-bond donors (Lipinski definition) is 0. The molecule has 0 spiro atoms. The highest BCUT2D eigenvalue weighted by Gasteiger charge is 2.38. The third-order valence-corrected chi connectivity index (χ3v) is 16.2. The van der Waals surface area contributed by atoms with E-state index >= 15 is 0 Å². The number of anilines is 6. The fourth-order valence-electron chi connectivity index (χ4n) is 12.7. The lowest BCUT2D eigenvalue weighted by Gasteiger charge is -2.42. The van der Waals surface area contributed by atoms with Crippen LogP contribution in [0.5, 0.6) is 0 Å². The Balaban J connectivity index is 1.09. The molecule has 0 unspecified atom stereocenters. The van der Waals surface area contributed by atoms with Crippen LogP contribution in [0.25, 0.3) is 76.5 Å². The van der Waals surface area contributed by atoms with Gasteiger partial charge in [0.25, 0.3) is 0 Å². The molecule has 2 heteroatoms. The molecular weight excluding hydrogens is 869 g/mol. The van der Waals surface area contributed by atoms with Crippen LogP contribution < -0.4 is 9.80 Å². The number of hydrogen-bond acceptors (Lipinski definition) is 2. The number of rotatable bonds is 5. The first-order chi connectivity index (χ1) is 35.3. The Bertz CT molecular complexity index is 4070. The molecule has 0 saturated heterocycles. The molecule has 0 amide bonds. The fourth-order valence-corrected chi connectivity index (χ4v) is 12.7. The summed E-state index contributed by atoms with van der Waals surface area (Å²) < 4.78 is 0. The fraction of sp³-hybridized carbons (Fsp3) is 0.0857. The van der Waals surface area contributed by atoms with Gasteiger partial charge in [0.15, 0.2) is 0 Å². The molecule has 0 atom stereocenters. The van der Waals surface area contributed by atoms with Gasteiger partial charge in [0.2, 0.25) is 0 Å². The van der Waals surface area contributed by atoms with Crippen LogP contribution in [0.1, 0.15) is 49.9 Å². The first kappa shape index (κ1) is 42.2. The second kappa shape index (κ2) is 15.9. The minimum absolute atomic E-state index is 0.168. The van der Waals surface area contributed by atoms with Crippen molar-refractivity contribution in [3.8, 4) is 33.4 Å². The van der Waals surface area contributed by atoms with Gasteiger partial charge < -0.3 is 9.80 Å². The Morgan fingerprint density at radius 2 is 0.625 bits per heavy atom. The van der Waals surface area contributed by atoms with Crippen molar-refractivity contribution in [2.24, 2.45) is 0 Å². The maximum absolute atomic E-state index is 2.50. The van der Waals surface area contributed by atoms with E-state index in [4.69, 9.17) is 0 Å². The standard InChI is InChI=1S/C70H52N2/c1-69(2)59-27-9-13-31-63(59)71(64-32-14-10-28-60(64)69)49-40-42-56-57(43-49)67(48-37-35-47(36-38-48)52-25-17-21-45-19-5-7-23-51(45)52)55-41-39-50(44-58(55)68(56)54-26-18-22-46-20-6-8-24-53(46)54)72-65-33-15-11-29-61(65)70(3,4)62-30-12-16-34-66(62)72/h5-44H,1-4H3. The molecule has 0 radical (unpaired) electrons. The molecule has 0 fully saturated rings. The minimum atomic E-state index is -0.169. The molecule has 14 rings (SSSR count). The van der Waals surface area contributed by atoms with Gasteiger partial charge in [-0.25, -0.2) is 0 Å². The lowest BCUT2D eigenvalue weighted by molar-refractivity contribution is 0.632. The SMILES string of the molecule is CC1(C)c2ccccc2N(c2ccc3c(-c4cccc5ccccc45)c4cc(N5c6ccccc6C(C)(C)c6ccccc65)ccc4c(-c4ccc(-c5cccc6ccccc56)cc4)c3c2)c2ccccc21. The molecule has 72 heavy (non-hydrogen) atoms. The van der Waals surface area contributed by atoms with Crippen molar-refractivity contribution in [2.45, 2.75) is 38.5 Å². The van der Waals surface area contributed by atoms with Crippen LogP contribution in [0.4, 0.5) is 34.1 Å². The van der Waals surface area contributed by atoms with Gasteiger partial charge in [-0.2, -0.15) is 0 Å². The van der Waals surface area contributed by atoms with Crippen molar-refractivity contribution >= 4 is 77.2 Å². The van der Waals surface area contributed by atoms with Gasteiger partial charge in [0.1, 0.15) is 0 Å². The van der Waals surface area contributed by atoms with E-state index < -0.39 is 0 Å². The molecule has 0 N–H and O–H groups in total. The van der Waals surface area contributed by atoms with E-state index in [1.54, 1.807) is 0 Å². The Morgan fingerprint density at radius 3 is 1.11 bits per heavy atom. The first-order valence-electron chi connectivity index (χ1n) is 25.3. The second-order valence-electron chi connectivity index (χ2n) is 20.8. The summed E-state index contributed by atoms with van der Waals surface area (Å²) in [7, 11) is 0. The summed E-state index contributed by atoms with van der Waals surface area (Å²) in [5.41, 5.74) is 19.4. The Kier molecular flexibility index (Phi) is 9.32. The predicted molar refractivity (Wildman–Crippen MR) is 306 cm³/mol. The van der Waals surface area contributed by atoms with Crippen molar-refractivity contribution in [3.63, 3.8) is 0 Å². The molecule has 2 aliphatic rings. The van der Waals surface area contributed by atoms with Crippen molar-refractivity contribution in [2.75, 3.05) is 9.80 Å². The molecule has 2 heterocycles. The van der Waals surface area contributed by atoms with Gasteiger partial charge in [-0.1, -0.05) is 222 Å². The van der Waals surface area contributed by atoms with Crippen LogP contribution in [0, 0.1) is 0 Å². The molecule has 12 aromatic rings. The van der Waals surface area contributed by atoms with Crippen LogP contribution in [0.15, 0.2) is 243 Å². The largest absolute Gasteiger partial charge is 0.310 e. The number of benzene rings is 12. The minimum Gasteiger partial charge on any atom is -0.310 e. The van der Waals surface area contributed by atoms with E-state index in [0.717, 1.165) is 11.4 Å². The normalized spacial score (nSPS) is 14.3. The highest BCUT2D eigenvalue weighted by atomic mass is 15.2. The van der Waals surface area contributed by atoms with E-state index in [9.17, 15) is 0 Å². The lowest BCUT2D eigenvalue weighted by Crippen LogP contribution is -2.30. The average molecular weight is 921 g/mol. The Morgan fingerprint density at radius 1 is 0.264 bits per heavy atom. The summed E-state index contributed by atoms with van der Waals surface area (Å²) in [4.78, 5) is 5.00. The van der Waals surface area contributed by atoms with Crippen LogP contribution in [0.2, 0.25) is 0 Å². The van der Waals surface area contributed by atoms with Gasteiger partial charge in [-0.3, -0.25) is 0 Å². The van der Waals surface area contributed by atoms with Crippen molar-refractivity contribution in [1.82, 2.24) is 0 Å². The van der Waals surface area contributed by atoms with E-state index in [2.05, 4.69) is 280 Å². The quantitative estimate of drug-likeness (QED) is 0.159. The van der Waals surface area contributed by atoms with Crippen LogP contribution in [0.3, 0.4) is 0 Å². The summed E-state index contributed by atoms with van der Waals surface area (Å²) in [6.07, 6.45) is 0. The van der Waals surface area contributed by atoms with Gasteiger partial charge in [0, 0.05) is 22.2 Å². The molecule has 0 aromatic heterocycles. The summed E-state index contributed by atoms with van der Waals surface area (Å²) >= 11 is 0. The topological polar surface area (TPSA) is 6.48 Å². The molecule has 0 aliphatic carbocycles. The van der Waals surface area contributed by atoms with Gasteiger partial charge in [-0.05, 0) is 147 Å². The highest BCUT2D eigenvalue weighted by molar-refractivity contribution is 6.25. The molecule has 0 saturated carbocycles. The zero-order valence-corrected chi connectivity index (χ0v) is 41.0. The van der Waals surface area contributed by atoms with Crippen molar-refractivity contribution < 1.29 is 0 Å². The highest BCUT2D eigenvalue weighted by Crippen LogP contribution is 2.56. The third-order valence-electron chi connectivity index (χ3n) is 16.2. The molecule has 2 nitrogen and oxygen atoms in total. The molecule has 12 aromatic carbocycles. The summed E-state index contributed by atoms with van der Waals surface area (Å²) in [5.74, 6) is 0. The first-order valence-corrected chi connectivity index (χ1v) is 25.3. The summed E-state index contributed by atoms with van der Waals surface area (Å²) in [6.45, 7) is 9.45. The van der Waals surface area contributed by atoms with E-state index in [-0.39, 0.29) is 10.8 Å². The summed E-state index contributed by atoms with van der Waals surface area (Å²) in [6, 6.07) is 90.9. The maximum atomic E-state index is 2.50. The van der Waals surface area contributed by atoms with Crippen molar-refractivity contribution in [3.05, 3.63) is 265 Å². The molecule has 342 valence electrons. The molecular formula is C70H52N2. The predicted octanol–water partition coefficient (Wildman–Crippen LogP) is 19.5. The van der Waals surface area contributed by atoms with Crippen LogP contribution in [-0.2, 0) is 10.8 Å². The average Bonchev–Trinajstić information content (AvgIpc) is 3.42. The number of fused-ring (bicyclic) bond motifs is 8. The van der Waals surface area contributed by atoms with Crippen LogP contribution >= 0.6 is 0 Å². The summed E-state index contributed by atoms with van der Waals surface area (Å²) in [5, 5.41) is 9.82. The number of para-hydroxylation sites is 4. The van der Waals surface area contributed by atoms with Gasteiger partial charge >= 0.3 is 0 Å². The van der Waals surface area contributed by atoms with Gasteiger partial charge in [-0.15, -0.1) is 0 Å². The smallest absolute Gasteiger partial charge is 0.0502 e. The maximum Gasteiger partial charge on any atom is 0.0502 e. The second-order valence-corrected chi connectivity index (χ2v) is 20.8. The van der Waals surface area contributed by atoms with Crippen LogP contribution in [-0.4, -0.2) is 0 Å². The zero-order chi connectivity index (χ0) is 48.3. The molecule has 2 aliphatic heterocycles. The Labute approximate surface area is 421 Å². The Hall–Kier alpha value is -8.72.